The highest BCUT2D eigenvalue weighted by Gasteiger charge is 2.51. The van der Waals surface area contributed by atoms with Crippen molar-refractivity contribution in [2.45, 2.75) is 38.2 Å². The minimum absolute atomic E-state index is 0.0644. The van der Waals surface area contributed by atoms with Crippen LogP contribution in [0, 0.1) is 11.3 Å². The van der Waals surface area contributed by atoms with Crippen LogP contribution in [-0.2, 0) is 0 Å². The van der Waals surface area contributed by atoms with E-state index in [0.717, 1.165) is 12.8 Å². The first-order chi connectivity index (χ1) is 5.28. The van der Waals surface area contributed by atoms with Crippen molar-refractivity contribution in [3.8, 4) is 0 Å². The highest BCUT2D eigenvalue weighted by molar-refractivity contribution is 5.01. The van der Waals surface area contributed by atoms with Gasteiger partial charge in [-0.1, -0.05) is 6.42 Å². The van der Waals surface area contributed by atoms with Gasteiger partial charge in [-0.25, -0.2) is 0 Å². The van der Waals surface area contributed by atoms with Crippen LogP contribution in [0.3, 0.4) is 0 Å². The van der Waals surface area contributed by atoms with Crippen molar-refractivity contribution in [1.82, 2.24) is 0 Å². The third kappa shape index (κ3) is 1.09. The van der Waals surface area contributed by atoms with Crippen LogP contribution < -0.4 is 0 Å². The van der Waals surface area contributed by atoms with Crippen LogP contribution in [0.2, 0.25) is 0 Å². The zero-order chi connectivity index (χ0) is 7.90. The Labute approximate surface area is 67.2 Å². The minimum Gasteiger partial charge on any atom is -0.396 e. The van der Waals surface area contributed by atoms with Crippen molar-refractivity contribution in [3.05, 3.63) is 0 Å². The summed E-state index contributed by atoms with van der Waals surface area (Å²) >= 11 is 0. The monoisotopic (exact) mass is 156 g/mol. The Balaban J connectivity index is 1.92. The Morgan fingerprint density at radius 1 is 1.36 bits per heavy atom. The van der Waals surface area contributed by atoms with E-state index in [2.05, 4.69) is 0 Å². The molecule has 0 amide bonds. The van der Waals surface area contributed by atoms with Crippen LogP contribution in [0.25, 0.3) is 0 Å². The van der Waals surface area contributed by atoms with E-state index in [9.17, 15) is 5.11 Å². The van der Waals surface area contributed by atoms with Gasteiger partial charge in [0.15, 0.2) is 0 Å². The summed E-state index contributed by atoms with van der Waals surface area (Å²) in [6.07, 6.45) is 5.46. The molecule has 2 aliphatic carbocycles. The van der Waals surface area contributed by atoms with Gasteiger partial charge in [0.05, 0.1) is 12.7 Å². The quantitative estimate of drug-likeness (QED) is 0.638. The fourth-order valence-electron chi connectivity index (χ4n) is 1.96. The van der Waals surface area contributed by atoms with Gasteiger partial charge < -0.3 is 10.2 Å². The predicted molar refractivity (Wildman–Crippen MR) is 42.1 cm³/mol. The maximum atomic E-state index is 9.80. The number of aliphatic hydroxyl groups is 2. The van der Waals surface area contributed by atoms with E-state index >= 15 is 0 Å². The molecule has 0 saturated heterocycles. The lowest BCUT2D eigenvalue weighted by Gasteiger charge is -2.34. The molecule has 2 rings (SSSR count). The predicted octanol–water partition coefficient (Wildman–Crippen LogP) is 0.920. The van der Waals surface area contributed by atoms with Crippen LogP contribution in [-0.4, -0.2) is 22.9 Å². The van der Waals surface area contributed by atoms with E-state index in [-0.39, 0.29) is 18.1 Å². The number of hydrogen-bond donors (Lipinski definition) is 2. The van der Waals surface area contributed by atoms with E-state index in [1.54, 1.807) is 0 Å². The molecule has 0 bridgehead atoms. The van der Waals surface area contributed by atoms with E-state index in [4.69, 9.17) is 5.11 Å². The second-order valence-electron chi connectivity index (χ2n) is 4.16. The number of rotatable bonds is 3. The second-order valence-corrected chi connectivity index (χ2v) is 4.16. The molecule has 0 aliphatic heterocycles. The molecule has 2 N–H and O–H groups in total. The molecular weight excluding hydrogens is 140 g/mol. The van der Waals surface area contributed by atoms with Crippen LogP contribution in [0.5, 0.6) is 0 Å². The van der Waals surface area contributed by atoms with Gasteiger partial charge >= 0.3 is 0 Å². The number of hydrogen-bond acceptors (Lipinski definition) is 2. The zero-order valence-electron chi connectivity index (χ0n) is 6.79. The molecule has 0 aromatic heterocycles. The largest absolute Gasteiger partial charge is 0.396 e. The van der Waals surface area contributed by atoms with Gasteiger partial charge in [0, 0.05) is 5.41 Å². The first-order valence-corrected chi connectivity index (χ1v) is 4.57. The third-order valence-electron chi connectivity index (χ3n) is 3.43. The molecule has 2 heteroatoms. The van der Waals surface area contributed by atoms with Crippen molar-refractivity contribution in [2.75, 3.05) is 6.61 Å². The van der Waals surface area contributed by atoms with Crippen LogP contribution in [0.15, 0.2) is 0 Å². The summed E-state index contributed by atoms with van der Waals surface area (Å²) in [6, 6.07) is 0. The molecule has 2 fully saturated rings. The lowest BCUT2D eigenvalue weighted by atomic mass is 9.75. The molecule has 0 aromatic rings. The Kier molecular flexibility index (Phi) is 1.69. The average molecular weight is 156 g/mol. The van der Waals surface area contributed by atoms with E-state index < -0.39 is 0 Å². The SMILES string of the molecule is OCC1(C(O)C2CCC2)CC1. The van der Waals surface area contributed by atoms with Crippen molar-refractivity contribution < 1.29 is 10.2 Å². The fraction of sp³-hybridized carbons (Fsp3) is 1.00. The molecule has 0 spiro atoms. The minimum atomic E-state index is -0.207. The normalized spacial score (nSPS) is 31.1. The fourth-order valence-corrected chi connectivity index (χ4v) is 1.96. The molecule has 64 valence electrons. The summed E-state index contributed by atoms with van der Waals surface area (Å²) in [5, 5.41) is 18.8. The van der Waals surface area contributed by atoms with Gasteiger partial charge in [-0.05, 0) is 31.6 Å². The van der Waals surface area contributed by atoms with Crippen molar-refractivity contribution in [2.24, 2.45) is 11.3 Å². The van der Waals surface area contributed by atoms with Crippen LogP contribution in [0.4, 0.5) is 0 Å². The summed E-state index contributed by atoms with van der Waals surface area (Å²) in [5.41, 5.74) is -0.0644. The molecular formula is C9H16O2. The summed E-state index contributed by atoms with van der Waals surface area (Å²) < 4.78 is 0. The third-order valence-corrected chi connectivity index (χ3v) is 3.43. The zero-order valence-corrected chi connectivity index (χ0v) is 6.79. The standard InChI is InChI=1S/C9H16O2/c10-6-9(4-5-9)8(11)7-2-1-3-7/h7-8,10-11H,1-6H2. The van der Waals surface area contributed by atoms with Crippen molar-refractivity contribution in [3.63, 3.8) is 0 Å². The molecule has 11 heavy (non-hydrogen) atoms. The molecule has 2 nitrogen and oxygen atoms in total. The lowest BCUT2D eigenvalue weighted by Crippen LogP contribution is -2.36. The van der Waals surface area contributed by atoms with Gasteiger partial charge in [-0.2, -0.15) is 0 Å². The molecule has 1 unspecified atom stereocenters. The molecule has 0 radical (unpaired) electrons. The van der Waals surface area contributed by atoms with Crippen molar-refractivity contribution in [1.29, 1.82) is 0 Å². The Morgan fingerprint density at radius 2 is 2.00 bits per heavy atom. The highest BCUT2D eigenvalue weighted by atomic mass is 16.3. The molecule has 0 heterocycles. The summed E-state index contributed by atoms with van der Waals surface area (Å²) in [5.74, 6) is 0.504. The van der Waals surface area contributed by atoms with Crippen LogP contribution >= 0.6 is 0 Å². The van der Waals surface area contributed by atoms with Gasteiger partial charge in [0.2, 0.25) is 0 Å². The summed E-state index contributed by atoms with van der Waals surface area (Å²) in [4.78, 5) is 0. The summed E-state index contributed by atoms with van der Waals surface area (Å²) in [6.45, 7) is 0.185. The first-order valence-electron chi connectivity index (χ1n) is 4.57. The van der Waals surface area contributed by atoms with Crippen molar-refractivity contribution >= 4 is 0 Å². The molecule has 2 aliphatic rings. The molecule has 1 atom stereocenters. The Morgan fingerprint density at radius 3 is 2.27 bits per heavy atom. The van der Waals surface area contributed by atoms with Crippen LogP contribution in [0.1, 0.15) is 32.1 Å². The lowest BCUT2D eigenvalue weighted by molar-refractivity contribution is -0.0192. The summed E-state index contributed by atoms with van der Waals surface area (Å²) in [7, 11) is 0. The van der Waals surface area contributed by atoms with E-state index in [1.165, 1.54) is 19.3 Å². The smallest absolute Gasteiger partial charge is 0.0646 e. The highest BCUT2D eigenvalue weighted by Crippen LogP contribution is 2.53. The molecule has 0 aromatic carbocycles. The first kappa shape index (κ1) is 7.56. The number of aliphatic hydroxyl groups excluding tert-OH is 2. The van der Waals surface area contributed by atoms with Gasteiger partial charge in [-0.15, -0.1) is 0 Å². The van der Waals surface area contributed by atoms with Gasteiger partial charge in [-0.3, -0.25) is 0 Å². The van der Waals surface area contributed by atoms with E-state index in [1.807, 2.05) is 0 Å². The van der Waals surface area contributed by atoms with Gasteiger partial charge in [0.1, 0.15) is 0 Å². The van der Waals surface area contributed by atoms with E-state index in [0.29, 0.717) is 5.92 Å². The maximum Gasteiger partial charge on any atom is 0.0646 e. The topological polar surface area (TPSA) is 40.5 Å². The Hall–Kier alpha value is -0.0800. The second kappa shape index (κ2) is 2.46. The molecule has 2 saturated carbocycles. The Bertz CT molecular complexity index is 148. The van der Waals surface area contributed by atoms with Gasteiger partial charge in [0.25, 0.3) is 0 Å². The maximum absolute atomic E-state index is 9.80. The average Bonchev–Trinajstić information content (AvgIpc) is 2.63.